The molecule has 3 aromatic carbocycles. The van der Waals surface area contributed by atoms with Crippen molar-refractivity contribution in [2.45, 2.75) is 25.0 Å². The Morgan fingerprint density at radius 3 is 2.10 bits per heavy atom. The minimum absolute atomic E-state index is 0.00970. The molecule has 0 radical (unpaired) electrons. The van der Waals surface area contributed by atoms with Crippen LogP contribution in [-0.2, 0) is 4.79 Å². The molecule has 0 saturated carbocycles. The van der Waals surface area contributed by atoms with Gasteiger partial charge in [0.2, 0.25) is 5.91 Å². The fourth-order valence-electron chi connectivity index (χ4n) is 4.63. The number of phenols is 1. The largest absolute Gasteiger partial charge is 0.508 e. The molecule has 30 heavy (non-hydrogen) atoms. The molecule has 0 aromatic heterocycles. The summed E-state index contributed by atoms with van der Waals surface area (Å²) in [5, 5.41) is 9.80. The van der Waals surface area contributed by atoms with E-state index in [9.17, 15) is 9.90 Å². The Hall–Kier alpha value is -2.67. The fourth-order valence-corrected chi connectivity index (χ4v) is 4.89. The molecule has 3 N–H and O–H groups in total. The first-order chi connectivity index (χ1) is 14.5. The predicted octanol–water partition coefficient (Wildman–Crippen LogP) is 4.38. The normalized spacial score (nSPS) is 25.5. The van der Waals surface area contributed by atoms with Crippen LogP contribution in [0.5, 0.6) is 5.75 Å². The molecule has 2 aliphatic rings. The van der Waals surface area contributed by atoms with Gasteiger partial charge >= 0.3 is 0 Å². The summed E-state index contributed by atoms with van der Waals surface area (Å²) < 4.78 is 1.02. The topological polar surface area (TPSA) is 64.6 Å². The smallest absolute Gasteiger partial charge is 0.246 e. The van der Waals surface area contributed by atoms with Crippen LogP contribution in [0.4, 0.5) is 5.69 Å². The number of rotatable bonds is 3. The van der Waals surface area contributed by atoms with E-state index in [0.29, 0.717) is 0 Å². The Balaban J connectivity index is 1.62. The minimum atomic E-state index is -0.334. The third-order valence-electron chi connectivity index (χ3n) is 6.09. The van der Waals surface area contributed by atoms with Crippen LogP contribution in [0.2, 0.25) is 0 Å². The molecule has 0 aliphatic carbocycles. The molecule has 2 heterocycles. The van der Waals surface area contributed by atoms with Crippen LogP contribution in [0.15, 0.2) is 77.3 Å². The number of aryl methyl sites for hydroxylation is 1. The monoisotopic (exact) mass is 463 g/mol. The number of halogens is 1. The van der Waals surface area contributed by atoms with Crippen molar-refractivity contribution < 1.29 is 9.90 Å². The quantitative estimate of drug-likeness (QED) is 0.538. The summed E-state index contributed by atoms with van der Waals surface area (Å²) in [5.41, 5.74) is 10.8. The van der Waals surface area contributed by atoms with Crippen LogP contribution in [0.1, 0.15) is 28.8 Å². The Kier molecular flexibility index (Phi) is 4.85. The van der Waals surface area contributed by atoms with Crippen molar-refractivity contribution in [3.8, 4) is 5.75 Å². The highest BCUT2D eigenvalue weighted by molar-refractivity contribution is 9.10. The zero-order valence-corrected chi connectivity index (χ0v) is 18.0. The number of hydrogen-bond donors (Lipinski definition) is 3. The lowest BCUT2D eigenvalue weighted by molar-refractivity contribution is -0.119. The molecule has 4 atom stereocenters. The number of aromatic hydroxyl groups is 1. The first-order valence-electron chi connectivity index (χ1n) is 9.98. The standard InChI is InChI=1S/C24H22BrN3O2/c1-14-2-10-18(11-3-14)28-23(16-6-12-19(29)13-7-16)20-21(26-27-22(20)24(28)30)15-4-8-17(25)9-5-15/h2-13,20-23,26-27,29H,1H3. The summed E-state index contributed by atoms with van der Waals surface area (Å²) in [6, 6.07) is 22.9. The van der Waals surface area contributed by atoms with Crippen LogP contribution in [0.3, 0.4) is 0 Å². The molecule has 0 spiro atoms. The Morgan fingerprint density at radius 2 is 1.43 bits per heavy atom. The van der Waals surface area contributed by atoms with Gasteiger partial charge in [-0.3, -0.25) is 4.79 Å². The molecule has 152 valence electrons. The number of nitrogens with zero attached hydrogens (tertiary/aromatic N) is 1. The second kappa shape index (κ2) is 7.54. The maximum atomic E-state index is 13.5. The van der Waals surface area contributed by atoms with E-state index in [1.807, 2.05) is 60.4 Å². The van der Waals surface area contributed by atoms with Gasteiger partial charge in [-0.1, -0.05) is 57.9 Å². The maximum Gasteiger partial charge on any atom is 0.246 e. The highest BCUT2D eigenvalue weighted by Gasteiger charge is 2.55. The number of phenolic OH excluding ortho intramolecular Hbond substituents is 1. The molecule has 1 amide bonds. The number of carbonyl (C=O) groups excluding carboxylic acids is 1. The van der Waals surface area contributed by atoms with E-state index >= 15 is 0 Å². The zero-order valence-electron chi connectivity index (χ0n) is 16.4. The van der Waals surface area contributed by atoms with Gasteiger partial charge in [-0.05, 0) is 54.4 Å². The third-order valence-corrected chi connectivity index (χ3v) is 6.61. The number of nitrogens with one attached hydrogen (secondary N) is 2. The molecule has 6 heteroatoms. The maximum absolute atomic E-state index is 13.5. The molecule has 5 nitrogen and oxygen atoms in total. The van der Waals surface area contributed by atoms with Crippen molar-refractivity contribution in [2.24, 2.45) is 5.92 Å². The second-order valence-electron chi connectivity index (χ2n) is 7.95. The molecule has 3 aromatic rings. The third kappa shape index (κ3) is 3.21. The van der Waals surface area contributed by atoms with Gasteiger partial charge in [-0.15, -0.1) is 0 Å². The van der Waals surface area contributed by atoms with Crippen molar-refractivity contribution in [2.75, 3.05) is 4.90 Å². The lowest BCUT2D eigenvalue weighted by Gasteiger charge is -2.31. The van der Waals surface area contributed by atoms with E-state index in [1.54, 1.807) is 12.1 Å². The number of fused-ring (bicyclic) bond motifs is 1. The van der Waals surface area contributed by atoms with E-state index in [1.165, 1.54) is 0 Å². The summed E-state index contributed by atoms with van der Waals surface area (Å²) >= 11 is 3.50. The van der Waals surface area contributed by atoms with Crippen LogP contribution in [0, 0.1) is 12.8 Å². The molecule has 2 aliphatic heterocycles. The molecule has 0 bridgehead atoms. The van der Waals surface area contributed by atoms with Gasteiger partial charge in [0, 0.05) is 16.1 Å². The van der Waals surface area contributed by atoms with Crippen LogP contribution < -0.4 is 15.8 Å². The highest BCUT2D eigenvalue weighted by atomic mass is 79.9. The lowest BCUT2D eigenvalue weighted by atomic mass is 9.83. The Labute approximate surface area is 183 Å². The van der Waals surface area contributed by atoms with Gasteiger partial charge < -0.3 is 10.0 Å². The van der Waals surface area contributed by atoms with Gasteiger partial charge in [-0.2, -0.15) is 0 Å². The van der Waals surface area contributed by atoms with Crippen LogP contribution in [-0.4, -0.2) is 17.1 Å². The van der Waals surface area contributed by atoms with E-state index < -0.39 is 0 Å². The van der Waals surface area contributed by atoms with Crippen molar-refractivity contribution in [1.82, 2.24) is 10.9 Å². The fraction of sp³-hybridized carbons (Fsp3) is 0.208. The number of hydrogen-bond acceptors (Lipinski definition) is 4. The molecule has 2 saturated heterocycles. The predicted molar refractivity (Wildman–Crippen MR) is 120 cm³/mol. The summed E-state index contributed by atoms with van der Waals surface area (Å²) in [7, 11) is 0. The Morgan fingerprint density at radius 1 is 0.833 bits per heavy atom. The van der Waals surface area contributed by atoms with Crippen molar-refractivity contribution in [1.29, 1.82) is 0 Å². The molecule has 5 rings (SSSR count). The zero-order chi connectivity index (χ0) is 20.8. The van der Waals surface area contributed by atoms with Gasteiger partial charge in [-0.25, -0.2) is 10.9 Å². The van der Waals surface area contributed by atoms with E-state index in [0.717, 1.165) is 26.9 Å². The number of anilines is 1. The van der Waals surface area contributed by atoms with Crippen molar-refractivity contribution in [3.05, 3.63) is 94.0 Å². The average molecular weight is 464 g/mol. The Bertz CT molecular complexity index is 1070. The van der Waals surface area contributed by atoms with E-state index in [2.05, 4.69) is 38.9 Å². The molecular formula is C24H22BrN3O2. The number of hydrazine groups is 1. The van der Waals surface area contributed by atoms with Gasteiger partial charge in [0.15, 0.2) is 0 Å². The van der Waals surface area contributed by atoms with E-state index in [-0.39, 0.29) is 35.7 Å². The van der Waals surface area contributed by atoms with E-state index in [4.69, 9.17) is 0 Å². The first kappa shape index (κ1) is 19.3. The first-order valence-corrected chi connectivity index (χ1v) is 10.8. The number of amides is 1. The summed E-state index contributed by atoms with van der Waals surface area (Å²) in [6.07, 6.45) is 0. The second-order valence-corrected chi connectivity index (χ2v) is 8.87. The van der Waals surface area contributed by atoms with Crippen molar-refractivity contribution >= 4 is 27.5 Å². The molecule has 2 fully saturated rings. The van der Waals surface area contributed by atoms with Crippen molar-refractivity contribution in [3.63, 3.8) is 0 Å². The summed E-state index contributed by atoms with van der Waals surface area (Å²) in [6.45, 7) is 2.04. The minimum Gasteiger partial charge on any atom is -0.508 e. The average Bonchev–Trinajstić information content (AvgIpc) is 3.29. The number of benzene rings is 3. The summed E-state index contributed by atoms with van der Waals surface area (Å²) in [4.78, 5) is 15.4. The van der Waals surface area contributed by atoms with Gasteiger partial charge in [0.05, 0.1) is 12.1 Å². The highest BCUT2D eigenvalue weighted by Crippen LogP contribution is 2.49. The van der Waals surface area contributed by atoms with Crippen LogP contribution in [0.25, 0.3) is 0 Å². The lowest BCUT2D eigenvalue weighted by Crippen LogP contribution is -2.41. The molecular weight excluding hydrogens is 442 g/mol. The molecule has 4 unspecified atom stereocenters. The SMILES string of the molecule is Cc1ccc(N2C(=O)C3NNC(c4ccc(Br)cc4)C3C2c2ccc(O)cc2)cc1. The number of carbonyl (C=O) groups is 1. The van der Waals surface area contributed by atoms with Crippen LogP contribution >= 0.6 is 15.9 Å². The summed E-state index contributed by atoms with van der Waals surface area (Å²) in [5.74, 6) is 0.257. The van der Waals surface area contributed by atoms with Gasteiger partial charge in [0.1, 0.15) is 11.8 Å². The van der Waals surface area contributed by atoms with Gasteiger partial charge in [0.25, 0.3) is 0 Å².